The molecule has 0 aliphatic rings. The lowest BCUT2D eigenvalue weighted by Crippen LogP contribution is -1.92. The summed E-state index contributed by atoms with van der Waals surface area (Å²) in [5.74, 6) is 0. The Labute approximate surface area is 51.4 Å². The summed E-state index contributed by atoms with van der Waals surface area (Å²) in [6, 6.07) is 0. The molecule has 0 aromatic heterocycles. The highest BCUT2D eigenvalue weighted by Gasteiger charge is 1.79. The zero-order valence-electron chi connectivity index (χ0n) is 5.52. The lowest BCUT2D eigenvalue weighted by molar-refractivity contribution is 0.139. The molecule has 0 aliphatic heterocycles. The summed E-state index contributed by atoms with van der Waals surface area (Å²) in [4.78, 5) is 0. The van der Waals surface area contributed by atoms with Crippen LogP contribution in [0.4, 0.5) is 0 Å². The Bertz CT molecular complexity index is 50.3. The van der Waals surface area contributed by atoms with Crippen LogP contribution >= 0.6 is 0 Å². The molecule has 0 amide bonds. The molecule has 0 aromatic carbocycles. The van der Waals surface area contributed by atoms with Gasteiger partial charge in [0.15, 0.2) is 0 Å². The van der Waals surface area contributed by atoms with E-state index in [4.69, 9.17) is 4.74 Å². The van der Waals surface area contributed by atoms with Gasteiger partial charge in [-0.1, -0.05) is 13.0 Å². The van der Waals surface area contributed by atoms with Gasteiger partial charge in [-0.25, -0.2) is 0 Å². The number of ether oxygens (including phenoxy) is 1. The molecule has 0 atom stereocenters. The average Bonchev–Trinajstić information content (AvgIpc) is 1.81. The minimum atomic E-state index is 0.831. The minimum Gasteiger partial charge on any atom is -0.381 e. The van der Waals surface area contributed by atoms with E-state index < -0.39 is 0 Å². The van der Waals surface area contributed by atoms with Crippen molar-refractivity contribution in [1.29, 1.82) is 0 Å². The molecule has 0 radical (unpaired) electrons. The van der Waals surface area contributed by atoms with E-state index in [9.17, 15) is 0 Å². The maximum absolute atomic E-state index is 5.15. The molecule has 0 saturated carbocycles. The fourth-order valence-electron chi connectivity index (χ4n) is 0.413. The molecule has 0 aliphatic carbocycles. The monoisotopic (exact) mass is 114 g/mol. The van der Waals surface area contributed by atoms with E-state index in [2.05, 4.69) is 13.5 Å². The molecular formula is C7H14O. The second-order valence-electron chi connectivity index (χ2n) is 1.69. The Kier molecular flexibility index (Phi) is 6.45. The smallest absolute Gasteiger partial charge is 0.0500 e. The third-order valence-electron chi connectivity index (χ3n) is 0.815. The molecule has 0 heterocycles. The van der Waals surface area contributed by atoms with Crippen LogP contribution in [-0.2, 0) is 4.74 Å². The molecule has 1 nitrogen and oxygen atoms in total. The first-order valence-corrected chi connectivity index (χ1v) is 3.10. The van der Waals surface area contributed by atoms with Crippen molar-refractivity contribution in [1.82, 2.24) is 0 Å². The van der Waals surface area contributed by atoms with Gasteiger partial charge in [0.1, 0.15) is 0 Å². The van der Waals surface area contributed by atoms with Gasteiger partial charge in [0, 0.05) is 13.2 Å². The van der Waals surface area contributed by atoms with Crippen LogP contribution in [0.25, 0.3) is 0 Å². The Hall–Kier alpha value is -0.300. The van der Waals surface area contributed by atoms with Crippen molar-refractivity contribution >= 4 is 0 Å². The van der Waals surface area contributed by atoms with Crippen LogP contribution in [0.15, 0.2) is 12.7 Å². The van der Waals surface area contributed by atoms with E-state index >= 15 is 0 Å². The van der Waals surface area contributed by atoms with Crippen molar-refractivity contribution in [2.75, 3.05) is 13.2 Å². The van der Waals surface area contributed by atoms with Gasteiger partial charge in [-0.05, 0) is 12.8 Å². The zero-order chi connectivity index (χ0) is 6.24. The second-order valence-corrected chi connectivity index (χ2v) is 1.69. The summed E-state index contributed by atoms with van der Waals surface area (Å²) < 4.78 is 5.15. The van der Waals surface area contributed by atoms with Gasteiger partial charge in [-0.15, -0.1) is 6.58 Å². The van der Waals surface area contributed by atoms with Crippen molar-refractivity contribution in [3.63, 3.8) is 0 Å². The predicted molar refractivity (Wildman–Crippen MR) is 35.9 cm³/mol. The van der Waals surface area contributed by atoms with Gasteiger partial charge in [-0.3, -0.25) is 0 Å². The van der Waals surface area contributed by atoms with Crippen LogP contribution in [0.2, 0.25) is 0 Å². The largest absolute Gasteiger partial charge is 0.381 e. The molecule has 0 spiro atoms. The summed E-state index contributed by atoms with van der Waals surface area (Å²) in [5.41, 5.74) is 0. The molecule has 8 heavy (non-hydrogen) atoms. The Morgan fingerprint density at radius 1 is 1.50 bits per heavy atom. The quantitative estimate of drug-likeness (QED) is 0.392. The number of hydrogen-bond donors (Lipinski definition) is 0. The summed E-state index contributed by atoms with van der Waals surface area (Å²) in [7, 11) is 0. The summed E-state index contributed by atoms with van der Waals surface area (Å²) in [5, 5.41) is 0. The number of rotatable bonds is 5. The highest BCUT2D eigenvalue weighted by molar-refractivity contribution is 4.64. The molecule has 0 unspecified atom stereocenters. The van der Waals surface area contributed by atoms with Crippen LogP contribution in [0, 0.1) is 0 Å². The van der Waals surface area contributed by atoms with Crippen molar-refractivity contribution < 1.29 is 4.74 Å². The highest BCUT2D eigenvalue weighted by Crippen LogP contribution is 1.84. The van der Waals surface area contributed by atoms with Crippen LogP contribution in [-0.4, -0.2) is 13.2 Å². The lowest BCUT2D eigenvalue weighted by atomic mass is 10.4. The van der Waals surface area contributed by atoms with Crippen LogP contribution in [0.1, 0.15) is 19.8 Å². The van der Waals surface area contributed by atoms with E-state index in [1.54, 1.807) is 0 Å². The summed E-state index contributed by atoms with van der Waals surface area (Å²) >= 11 is 0. The van der Waals surface area contributed by atoms with Crippen molar-refractivity contribution in [2.24, 2.45) is 0 Å². The summed E-state index contributed by atoms with van der Waals surface area (Å²) in [6.07, 6.45) is 3.95. The number of hydrogen-bond acceptors (Lipinski definition) is 1. The van der Waals surface area contributed by atoms with Gasteiger partial charge in [0.05, 0.1) is 0 Å². The van der Waals surface area contributed by atoms with Gasteiger partial charge >= 0.3 is 0 Å². The first-order chi connectivity index (χ1) is 3.91. The SMILES string of the molecule is C=CCCOCCC. The normalized spacial score (nSPS) is 9.12. The molecule has 1 heteroatoms. The average molecular weight is 114 g/mol. The van der Waals surface area contributed by atoms with Gasteiger partial charge < -0.3 is 4.74 Å². The molecule has 0 N–H and O–H groups in total. The van der Waals surface area contributed by atoms with Crippen molar-refractivity contribution in [2.45, 2.75) is 19.8 Å². The predicted octanol–water partition coefficient (Wildman–Crippen LogP) is 1.99. The first kappa shape index (κ1) is 7.70. The van der Waals surface area contributed by atoms with E-state index in [1.807, 2.05) is 6.08 Å². The zero-order valence-corrected chi connectivity index (χ0v) is 5.52. The third kappa shape index (κ3) is 5.70. The maximum Gasteiger partial charge on any atom is 0.0500 e. The molecule has 0 rings (SSSR count). The molecule has 0 aromatic rings. The standard InChI is InChI=1S/C7H14O/c1-3-5-7-8-6-4-2/h3H,1,4-7H2,2H3. The van der Waals surface area contributed by atoms with Crippen LogP contribution in [0.3, 0.4) is 0 Å². The fraction of sp³-hybridized carbons (Fsp3) is 0.714. The van der Waals surface area contributed by atoms with E-state index in [0.29, 0.717) is 0 Å². The fourth-order valence-corrected chi connectivity index (χ4v) is 0.413. The Morgan fingerprint density at radius 2 is 2.25 bits per heavy atom. The van der Waals surface area contributed by atoms with E-state index in [0.717, 1.165) is 26.1 Å². The van der Waals surface area contributed by atoms with Gasteiger partial charge in [0.25, 0.3) is 0 Å². The summed E-state index contributed by atoms with van der Waals surface area (Å²) in [6.45, 7) is 7.40. The second kappa shape index (κ2) is 6.70. The molecule has 0 saturated heterocycles. The van der Waals surface area contributed by atoms with Crippen molar-refractivity contribution in [3.8, 4) is 0 Å². The van der Waals surface area contributed by atoms with Crippen molar-refractivity contribution in [3.05, 3.63) is 12.7 Å². The molecular weight excluding hydrogens is 100 g/mol. The van der Waals surface area contributed by atoms with Crippen LogP contribution in [0.5, 0.6) is 0 Å². The molecule has 0 fully saturated rings. The minimum absolute atomic E-state index is 0.831. The van der Waals surface area contributed by atoms with Gasteiger partial charge in [0.2, 0.25) is 0 Å². The van der Waals surface area contributed by atoms with E-state index in [1.165, 1.54) is 0 Å². The molecule has 0 bridgehead atoms. The highest BCUT2D eigenvalue weighted by atomic mass is 16.5. The third-order valence-corrected chi connectivity index (χ3v) is 0.815. The van der Waals surface area contributed by atoms with Gasteiger partial charge in [-0.2, -0.15) is 0 Å². The Morgan fingerprint density at radius 3 is 2.75 bits per heavy atom. The van der Waals surface area contributed by atoms with E-state index in [-0.39, 0.29) is 0 Å². The first-order valence-electron chi connectivity index (χ1n) is 3.10. The molecule has 48 valence electrons. The maximum atomic E-state index is 5.15. The van der Waals surface area contributed by atoms with Crippen LogP contribution < -0.4 is 0 Å². The topological polar surface area (TPSA) is 9.23 Å². The Balaban J connectivity index is 2.62. The lowest BCUT2D eigenvalue weighted by Gasteiger charge is -1.96.